The number of tetrazole rings is 1. The minimum absolute atomic E-state index is 0.0706. The van der Waals surface area contributed by atoms with Crippen molar-refractivity contribution in [3.63, 3.8) is 0 Å². The van der Waals surface area contributed by atoms with Crippen molar-refractivity contribution in [1.29, 1.82) is 0 Å². The maximum atomic E-state index is 12.7. The summed E-state index contributed by atoms with van der Waals surface area (Å²) in [5.74, 6) is 1.63. The molecule has 0 bridgehead atoms. The molecular weight excluding hydrogens is 380 g/mol. The normalized spacial score (nSPS) is 13.1. The molecule has 1 unspecified atom stereocenters. The molecule has 3 heterocycles. The Kier molecular flexibility index (Phi) is 5.26. The van der Waals surface area contributed by atoms with Gasteiger partial charge < -0.3 is 14.3 Å². The standard InChI is InChI=1S/C22H26N6O2/c1-15-7-8-19-16(10-15)11-17(21(29)23-19)12-27(13-18-6-5-9-30-18)14-20-24-25-26-28(20)22(2,3)4/h5-11H,12-14H2,1-4H3,(H,23,29)/p+1. The molecule has 0 saturated carbocycles. The molecule has 0 aliphatic rings. The van der Waals surface area contributed by atoms with Crippen LogP contribution in [0, 0.1) is 6.92 Å². The molecule has 1 atom stereocenters. The minimum atomic E-state index is -0.230. The molecular formula is C22H27N6O2+. The van der Waals surface area contributed by atoms with Crippen LogP contribution in [0.3, 0.4) is 0 Å². The summed E-state index contributed by atoms with van der Waals surface area (Å²) in [5.41, 5.74) is 2.43. The quantitative estimate of drug-likeness (QED) is 0.510. The first kappa shape index (κ1) is 20.0. The first-order valence-corrected chi connectivity index (χ1v) is 10.1. The van der Waals surface area contributed by atoms with E-state index in [0.717, 1.165) is 38.5 Å². The first-order chi connectivity index (χ1) is 14.3. The second-order valence-corrected chi connectivity index (χ2v) is 8.75. The molecule has 2 N–H and O–H groups in total. The van der Waals surface area contributed by atoms with E-state index in [1.807, 2.05) is 41.9 Å². The molecule has 0 aliphatic heterocycles. The van der Waals surface area contributed by atoms with E-state index in [4.69, 9.17) is 4.42 Å². The number of hydrogen-bond donors (Lipinski definition) is 2. The molecule has 8 nitrogen and oxygen atoms in total. The average Bonchev–Trinajstić information content (AvgIpc) is 3.34. The molecule has 0 amide bonds. The van der Waals surface area contributed by atoms with Gasteiger partial charge in [0, 0.05) is 5.52 Å². The number of benzene rings is 1. The number of H-pyrrole nitrogens is 1. The van der Waals surface area contributed by atoms with Crippen molar-refractivity contribution >= 4 is 10.9 Å². The van der Waals surface area contributed by atoms with E-state index in [2.05, 4.69) is 47.3 Å². The summed E-state index contributed by atoms with van der Waals surface area (Å²) >= 11 is 0. The van der Waals surface area contributed by atoms with Crippen molar-refractivity contribution in [2.24, 2.45) is 0 Å². The van der Waals surface area contributed by atoms with Crippen molar-refractivity contribution < 1.29 is 9.32 Å². The van der Waals surface area contributed by atoms with E-state index in [0.29, 0.717) is 19.6 Å². The van der Waals surface area contributed by atoms with Gasteiger partial charge in [0.25, 0.3) is 5.56 Å². The molecule has 4 rings (SSSR count). The molecule has 30 heavy (non-hydrogen) atoms. The topological polar surface area (TPSA) is 94.0 Å². The zero-order valence-electron chi connectivity index (χ0n) is 17.8. The molecule has 0 radical (unpaired) electrons. The van der Waals surface area contributed by atoms with Crippen molar-refractivity contribution in [2.45, 2.75) is 52.9 Å². The summed E-state index contributed by atoms with van der Waals surface area (Å²) in [6, 6.07) is 11.8. The number of furan rings is 1. The average molecular weight is 407 g/mol. The van der Waals surface area contributed by atoms with E-state index in [9.17, 15) is 4.79 Å². The van der Waals surface area contributed by atoms with Crippen LogP contribution < -0.4 is 10.5 Å². The van der Waals surface area contributed by atoms with E-state index in [1.54, 1.807) is 6.26 Å². The molecule has 0 spiro atoms. The fourth-order valence-corrected chi connectivity index (χ4v) is 3.68. The summed E-state index contributed by atoms with van der Waals surface area (Å²) in [5, 5.41) is 13.3. The predicted octanol–water partition coefficient (Wildman–Crippen LogP) is 1.96. The molecule has 0 saturated heterocycles. The Hall–Kier alpha value is -3.26. The SMILES string of the molecule is Cc1ccc2[nH]c(=O)c(C[NH+](Cc3ccco3)Cc3nnnn3C(C)(C)C)cc2c1. The number of aromatic nitrogens is 5. The first-order valence-electron chi connectivity index (χ1n) is 10.1. The lowest BCUT2D eigenvalue weighted by molar-refractivity contribution is -0.942. The molecule has 0 aliphatic carbocycles. The molecule has 3 aromatic heterocycles. The molecule has 4 aromatic rings. The third-order valence-electron chi connectivity index (χ3n) is 5.10. The van der Waals surface area contributed by atoms with Crippen LogP contribution in [0.15, 0.2) is 51.9 Å². The molecule has 156 valence electrons. The summed E-state index contributed by atoms with van der Waals surface area (Å²) in [6.07, 6.45) is 1.66. The number of fused-ring (bicyclic) bond motifs is 1. The monoisotopic (exact) mass is 407 g/mol. The van der Waals surface area contributed by atoms with Gasteiger partial charge in [-0.25, -0.2) is 4.68 Å². The molecule has 1 aromatic carbocycles. The predicted molar refractivity (Wildman–Crippen MR) is 113 cm³/mol. The maximum absolute atomic E-state index is 12.7. The largest absolute Gasteiger partial charge is 0.463 e. The van der Waals surface area contributed by atoms with Gasteiger partial charge in [0.1, 0.15) is 19.6 Å². The Morgan fingerprint density at radius 3 is 2.70 bits per heavy atom. The van der Waals surface area contributed by atoms with Crippen molar-refractivity contribution in [3.05, 3.63) is 75.7 Å². The van der Waals surface area contributed by atoms with Crippen molar-refractivity contribution in [3.8, 4) is 0 Å². The van der Waals surface area contributed by atoms with Crippen molar-refractivity contribution in [1.82, 2.24) is 25.2 Å². The van der Waals surface area contributed by atoms with Gasteiger partial charge in [-0.1, -0.05) is 11.6 Å². The van der Waals surface area contributed by atoms with Crippen LogP contribution in [0.25, 0.3) is 10.9 Å². The lowest BCUT2D eigenvalue weighted by atomic mass is 10.1. The summed E-state index contributed by atoms with van der Waals surface area (Å²) < 4.78 is 7.41. The lowest BCUT2D eigenvalue weighted by Gasteiger charge is -2.22. The van der Waals surface area contributed by atoms with Crippen LogP contribution in [0.1, 0.15) is 43.5 Å². The van der Waals surface area contributed by atoms with Gasteiger partial charge in [0.05, 0.1) is 17.4 Å². The van der Waals surface area contributed by atoms with E-state index in [-0.39, 0.29) is 11.1 Å². The van der Waals surface area contributed by atoms with Gasteiger partial charge >= 0.3 is 0 Å². The summed E-state index contributed by atoms with van der Waals surface area (Å²) in [4.78, 5) is 16.9. The van der Waals surface area contributed by atoms with Crippen LogP contribution in [0.2, 0.25) is 0 Å². The van der Waals surface area contributed by atoms with Crippen LogP contribution in [-0.4, -0.2) is 25.2 Å². The summed E-state index contributed by atoms with van der Waals surface area (Å²) in [6.45, 7) is 9.95. The van der Waals surface area contributed by atoms with Gasteiger partial charge in [-0.15, -0.1) is 5.10 Å². The lowest BCUT2D eigenvalue weighted by Crippen LogP contribution is -3.08. The Labute approximate surface area is 174 Å². The number of rotatable bonds is 6. The van der Waals surface area contributed by atoms with Crippen LogP contribution in [0.5, 0.6) is 0 Å². The van der Waals surface area contributed by atoms with Gasteiger partial charge in [0.15, 0.2) is 5.76 Å². The molecule has 8 heteroatoms. The molecule has 0 fully saturated rings. The Morgan fingerprint density at radius 1 is 1.13 bits per heavy atom. The zero-order valence-corrected chi connectivity index (χ0v) is 17.8. The van der Waals surface area contributed by atoms with Gasteiger partial charge in [0.2, 0.25) is 5.82 Å². The second kappa shape index (κ2) is 7.87. The highest BCUT2D eigenvalue weighted by Gasteiger charge is 2.24. The highest BCUT2D eigenvalue weighted by Crippen LogP contribution is 2.14. The Morgan fingerprint density at radius 2 is 1.97 bits per heavy atom. The van der Waals surface area contributed by atoms with Crippen LogP contribution in [-0.2, 0) is 25.2 Å². The van der Waals surface area contributed by atoms with E-state index < -0.39 is 0 Å². The maximum Gasteiger partial charge on any atom is 0.257 e. The highest BCUT2D eigenvalue weighted by molar-refractivity contribution is 5.79. The number of nitrogens with one attached hydrogen (secondary N) is 2. The van der Waals surface area contributed by atoms with Gasteiger partial charge in [-0.3, -0.25) is 4.79 Å². The summed E-state index contributed by atoms with van der Waals surface area (Å²) in [7, 11) is 0. The number of quaternary nitrogens is 1. The Bertz CT molecular complexity index is 1200. The number of aromatic amines is 1. The number of nitrogens with zero attached hydrogens (tertiary/aromatic N) is 4. The zero-order chi connectivity index (χ0) is 21.3. The van der Waals surface area contributed by atoms with E-state index in [1.165, 1.54) is 0 Å². The smallest absolute Gasteiger partial charge is 0.257 e. The number of pyridine rings is 1. The van der Waals surface area contributed by atoms with Crippen LogP contribution in [0.4, 0.5) is 0 Å². The van der Waals surface area contributed by atoms with Crippen LogP contribution >= 0.6 is 0 Å². The fourth-order valence-electron chi connectivity index (χ4n) is 3.68. The number of hydrogen-bond acceptors (Lipinski definition) is 5. The van der Waals surface area contributed by atoms with Crippen molar-refractivity contribution in [2.75, 3.05) is 0 Å². The Balaban J connectivity index is 1.67. The van der Waals surface area contributed by atoms with E-state index >= 15 is 0 Å². The van der Waals surface area contributed by atoms with Gasteiger partial charge in [-0.2, -0.15) is 0 Å². The third kappa shape index (κ3) is 4.33. The second-order valence-electron chi connectivity index (χ2n) is 8.75. The fraction of sp³-hybridized carbons (Fsp3) is 0.364. The van der Waals surface area contributed by atoms with Gasteiger partial charge in [-0.05, 0) is 73.8 Å². The third-order valence-corrected chi connectivity index (χ3v) is 5.10. The number of aryl methyl sites for hydroxylation is 1. The highest BCUT2D eigenvalue weighted by atomic mass is 16.3. The minimum Gasteiger partial charge on any atom is -0.463 e.